The Morgan fingerprint density at radius 3 is 2.08 bits per heavy atom. The number of alkyl halides is 6. The average molecular weight is 351 g/mol. The highest BCUT2D eigenvalue weighted by atomic mass is 19.4. The minimum absolute atomic E-state index is 0.0101. The summed E-state index contributed by atoms with van der Waals surface area (Å²) in [5.41, 5.74) is -2.59. The summed E-state index contributed by atoms with van der Waals surface area (Å²) in [7, 11) is 0. The number of ketones is 1. The standard InChI is InChI=1S/C16H15F6NO/c1-10(24)2-4-23-5-3-11(9-23)12-6-13(15(17,18)19)8-14(7-12)16(20,21)22/h2,4,6-8,11H,3,5,9H2,1H3/b4-2-. The van der Waals surface area contributed by atoms with Gasteiger partial charge in [-0.15, -0.1) is 0 Å². The molecule has 1 fully saturated rings. The van der Waals surface area contributed by atoms with Crippen molar-refractivity contribution < 1.29 is 31.1 Å². The van der Waals surface area contributed by atoms with E-state index in [0.717, 1.165) is 12.1 Å². The van der Waals surface area contributed by atoms with E-state index in [0.29, 0.717) is 13.0 Å². The van der Waals surface area contributed by atoms with E-state index >= 15 is 0 Å². The van der Waals surface area contributed by atoms with E-state index < -0.39 is 29.4 Å². The third kappa shape index (κ3) is 4.52. The van der Waals surface area contributed by atoms with E-state index in [1.165, 1.54) is 19.2 Å². The number of allylic oxidation sites excluding steroid dienone is 1. The van der Waals surface area contributed by atoms with Crippen LogP contribution in [0.3, 0.4) is 0 Å². The number of hydrogen-bond acceptors (Lipinski definition) is 2. The van der Waals surface area contributed by atoms with Gasteiger partial charge in [0.25, 0.3) is 0 Å². The molecule has 0 aromatic heterocycles. The lowest BCUT2D eigenvalue weighted by molar-refractivity contribution is -0.143. The molecule has 0 amide bonds. The molecule has 0 radical (unpaired) electrons. The molecule has 0 spiro atoms. The Bertz CT molecular complexity index is 615. The Morgan fingerprint density at radius 1 is 1.08 bits per heavy atom. The number of benzene rings is 1. The summed E-state index contributed by atoms with van der Waals surface area (Å²) >= 11 is 0. The van der Waals surface area contributed by atoms with Gasteiger partial charge in [-0.05, 0) is 43.2 Å². The van der Waals surface area contributed by atoms with Crippen LogP contribution in [0.2, 0.25) is 0 Å². The van der Waals surface area contributed by atoms with E-state index in [1.807, 2.05) is 0 Å². The van der Waals surface area contributed by atoms with Gasteiger partial charge in [-0.2, -0.15) is 26.3 Å². The minimum Gasteiger partial charge on any atom is -0.377 e. The maximum absolute atomic E-state index is 12.9. The van der Waals surface area contributed by atoms with Gasteiger partial charge in [0.15, 0.2) is 5.78 Å². The Kier molecular flexibility index (Phi) is 4.96. The van der Waals surface area contributed by atoms with Crippen molar-refractivity contribution in [3.63, 3.8) is 0 Å². The fourth-order valence-electron chi connectivity index (χ4n) is 2.62. The fraction of sp³-hybridized carbons (Fsp3) is 0.438. The summed E-state index contributed by atoms with van der Waals surface area (Å²) in [5, 5.41) is 0. The summed E-state index contributed by atoms with van der Waals surface area (Å²) in [4.78, 5) is 12.6. The van der Waals surface area contributed by atoms with Crippen molar-refractivity contribution in [2.45, 2.75) is 31.6 Å². The highest BCUT2D eigenvalue weighted by Gasteiger charge is 2.38. The lowest BCUT2D eigenvalue weighted by Gasteiger charge is -2.18. The van der Waals surface area contributed by atoms with Gasteiger partial charge in [-0.1, -0.05) is 0 Å². The Labute approximate surface area is 134 Å². The lowest BCUT2D eigenvalue weighted by Crippen LogP contribution is -2.15. The number of carbonyl (C=O) groups excluding carboxylic acids is 1. The summed E-state index contributed by atoms with van der Waals surface area (Å²) in [6.45, 7) is 2.08. The van der Waals surface area contributed by atoms with Crippen LogP contribution in [-0.4, -0.2) is 23.8 Å². The average Bonchev–Trinajstić information content (AvgIpc) is 2.91. The van der Waals surface area contributed by atoms with Crippen LogP contribution in [0.5, 0.6) is 0 Å². The summed E-state index contributed by atoms with van der Waals surface area (Å²) in [6, 6.07) is 1.68. The molecular formula is C16H15F6NO. The molecule has 132 valence electrons. The van der Waals surface area contributed by atoms with Crippen LogP contribution >= 0.6 is 0 Å². The smallest absolute Gasteiger partial charge is 0.377 e. The van der Waals surface area contributed by atoms with E-state index in [9.17, 15) is 31.1 Å². The number of rotatable bonds is 3. The third-order valence-corrected chi connectivity index (χ3v) is 3.82. The molecule has 0 aliphatic carbocycles. The number of hydrogen-bond donors (Lipinski definition) is 0. The highest BCUT2D eigenvalue weighted by Crippen LogP contribution is 2.39. The van der Waals surface area contributed by atoms with Gasteiger partial charge in [-0.3, -0.25) is 4.79 Å². The van der Waals surface area contributed by atoms with E-state index in [1.54, 1.807) is 4.90 Å². The van der Waals surface area contributed by atoms with Crippen molar-refractivity contribution in [2.75, 3.05) is 13.1 Å². The van der Waals surface area contributed by atoms with Gasteiger partial charge in [0.2, 0.25) is 0 Å². The molecule has 1 atom stereocenters. The normalized spacial score (nSPS) is 19.3. The molecule has 2 rings (SSSR count). The highest BCUT2D eigenvalue weighted by molar-refractivity contribution is 5.87. The van der Waals surface area contributed by atoms with Crippen LogP contribution in [-0.2, 0) is 17.1 Å². The molecule has 1 aliphatic rings. The number of likely N-dealkylation sites (tertiary alicyclic amines) is 1. The van der Waals surface area contributed by atoms with Crippen LogP contribution in [0.15, 0.2) is 30.5 Å². The molecular weight excluding hydrogens is 336 g/mol. The molecule has 0 saturated carbocycles. The van der Waals surface area contributed by atoms with Crippen molar-refractivity contribution in [3.05, 3.63) is 47.2 Å². The molecule has 1 unspecified atom stereocenters. The lowest BCUT2D eigenvalue weighted by atomic mass is 9.94. The van der Waals surface area contributed by atoms with Crippen molar-refractivity contribution in [1.82, 2.24) is 4.90 Å². The molecule has 24 heavy (non-hydrogen) atoms. The molecule has 1 aromatic rings. The fourth-order valence-corrected chi connectivity index (χ4v) is 2.62. The first kappa shape index (κ1) is 18.4. The van der Waals surface area contributed by atoms with Gasteiger partial charge in [0, 0.05) is 25.2 Å². The minimum atomic E-state index is -4.84. The van der Waals surface area contributed by atoms with Crippen molar-refractivity contribution in [2.24, 2.45) is 0 Å². The quantitative estimate of drug-likeness (QED) is 0.585. The molecule has 2 nitrogen and oxygen atoms in total. The number of halogens is 6. The molecule has 8 heteroatoms. The van der Waals surface area contributed by atoms with Gasteiger partial charge >= 0.3 is 12.4 Å². The van der Waals surface area contributed by atoms with Crippen LogP contribution in [0.25, 0.3) is 0 Å². The van der Waals surface area contributed by atoms with E-state index in [4.69, 9.17) is 0 Å². The summed E-state index contributed by atoms with van der Waals surface area (Å²) in [6.07, 6.45) is -6.44. The number of nitrogens with zero attached hydrogens (tertiary/aromatic N) is 1. The first-order valence-corrected chi connectivity index (χ1v) is 7.19. The summed E-state index contributed by atoms with van der Waals surface area (Å²) < 4.78 is 77.3. The Balaban J connectivity index is 2.32. The first-order valence-electron chi connectivity index (χ1n) is 7.19. The van der Waals surface area contributed by atoms with Crippen molar-refractivity contribution >= 4 is 5.78 Å². The van der Waals surface area contributed by atoms with Crippen molar-refractivity contribution in [3.8, 4) is 0 Å². The van der Waals surface area contributed by atoms with Gasteiger partial charge in [-0.25, -0.2) is 0 Å². The SMILES string of the molecule is CC(=O)/C=C\N1CCC(c2cc(C(F)(F)F)cc(C(F)(F)F)c2)C1. The Hall–Kier alpha value is -1.99. The zero-order chi connectivity index (χ0) is 18.1. The van der Waals surface area contributed by atoms with Crippen LogP contribution in [0.1, 0.15) is 36.0 Å². The predicted molar refractivity (Wildman–Crippen MR) is 75.2 cm³/mol. The zero-order valence-corrected chi connectivity index (χ0v) is 12.7. The Morgan fingerprint density at radius 2 is 1.62 bits per heavy atom. The molecule has 1 saturated heterocycles. The summed E-state index contributed by atoms with van der Waals surface area (Å²) in [5.74, 6) is -0.637. The topological polar surface area (TPSA) is 20.3 Å². The zero-order valence-electron chi connectivity index (χ0n) is 12.7. The van der Waals surface area contributed by atoms with Crippen LogP contribution < -0.4 is 0 Å². The second kappa shape index (κ2) is 6.49. The van der Waals surface area contributed by atoms with Crippen molar-refractivity contribution in [1.29, 1.82) is 0 Å². The maximum atomic E-state index is 12.9. The predicted octanol–water partition coefficient (Wildman–Crippen LogP) is 4.62. The molecule has 0 N–H and O–H groups in total. The molecule has 1 aliphatic heterocycles. The molecule has 1 aromatic carbocycles. The second-order valence-electron chi connectivity index (χ2n) is 5.75. The first-order chi connectivity index (χ1) is 11.0. The van der Waals surface area contributed by atoms with Crippen LogP contribution in [0.4, 0.5) is 26.3 Å². The van der Waals surface area contributed by atoms with Crippen LogP contribution in [0, 0.1) is 0 Å². The maximum Gasteiger partial charge on any atom is 0.416 e. The van der Waals surface area contributed by atoms with Gasteiger partial charge < -0.3 is 4.90 Å². The largest absolute Gasteiger partial charge is 0.416 e. The molecule has 0 bridgehead atoms. The third-order valence-electron chi connectivity index (χ3n) is 3.82. The van der Waals surface area contributed by atoms with E-state index in [-0.39, 0.29) is 24.0 Å². The number of carbonyl (C=O) groups is 1. The van der Waals surface area contributed by atoms with E-state index in [2.05, 4.69) is 0 Å². The monoisotopic (exact) mass is 351 g/mol. The van der Waals surface area contributed by atoms with Gasteiger partial charge in [0.05, 0.1) is 11.1 Å². The van der Waals surface area contributed by atoms with Gasteiger partial charge in [0.1, 0.15) is 0 Å². The second-order valence-corrected chi connectivity index (χ2v) is 5.75. The molecule has 1 heterocycles.